The van der Waals surface area contributed by atoms with E-state index >= 15 is 0 Å². The van der Waals surface area contributed by atoms with E-state index in [-0.39, 0.29) is 5.82 Å². The van der Waals surface area contributed by atoms with Crippen molar-refractivity contribution in [2.75, 3.05) is 45.2 Å². The lowest BCUT2D eigenvalue weighted by Crippen LogP contribution is -2.37. The van der Waals surface area contributed by atoms with Gasteiger partial charge in [0, 0.05) is 37.0 Å². The number of benzene rings is 2. The summed E-state index contributed by atoms with van der Waals surface area (Å²) >= 11 is 0. The maximum absolute atomic E-state index is 14.2. The minimum Gasteiger partial charge on any atom is -0.493 e. The van der Waals surface area contributed by atoms with Crippen molar-refractivity contribution in [2.24, 2.45) is 0 Å². The molecule has 1 aliphatic rings. The largest absolute Gasteiger partial charge is 0.493 e. The molecule has 1 fully saturated rings. The van der Waals surface area contributed by atoms with Gasteiger partial charge in [-0.25, -0.2) is 4.39 Å². The molecule has 2 N–H and O–H groups in total. The van der Waals surface area contributed by atoms with Crippen LogP contribution >= 0.6 is 0 Å². The van der Waals surface area contributed by atoms with Crippen molar-refractivity contribution in [3.63, 3.8) is 0 Å². The molecule has 136 valence electrons. The molecule has 0 unspecified atom stereocenters. The van der Waals surface area contributed by atoms with Gasteiger partial charge in [0.1, 0.15) is 11.6 Å². The zero-order valence-electron chi connectivity index (χ0n) is 14.7. The predicted octanol–water partition coefficient (Wildman–Crippen LogP) is 2.91. The summed E-state index contributed by atoms with van der Waals surface area (Å²) in [6.45, 7) is 5.06. The summed E-state index contributed by atoms with van der Waals surface area (Å²) in [5.41, 5.74) is 7.46. The first-order valence-corrected chi connectivity index (χ1v) is 8.81. The third-order valence-electron chi connectivity index (χ3n) is 4.18. The second-order valence-corrected chi connectivity index (χ2v) is 6.17. The van der Waals surface area contributed by atoms with Gasteiger partial charge in [0.25, 0.3) is 0 Å². The molecule has 0 amide bonds. The van der Waals surface area contributed by atoms with Crippen LogP contribution < -0.4 is 10.5 Å². The summed E-state index contributed by atoms with van der Waals surface area (Å²) in [5.74, 6) is 5.94. The number of rotatable bonds is 5. The van der Waals surface area contributed by atoms with Crippen LogP contribution in [0.2, 0.25) is 0 Å². The molecule has 0 bridgehead atoms. The number of anilines is 1. The Kier molecular flexibility index (Phi) is 6.48. The number of nitrogens with two attached hydrogens (primary N) is 1. The highest BCUT2D eigenvalue weighted by molar-refractivity contribution is 5.48. The lowest BCUT2D eigenvalue weighted by molar-refractivity contribution is 0.0358. The van der Waals surface area contributed by atoms with Crippen LogP contribution in [0.1, 0.15) is 17.5 Å². The van der Waals surface area contributed by atoms with Crippen molar-refractivity contribution in [2.45, 2.75) is 6.42 Å². The van der Waals surface area contributed by atoms with E-state index in [2.05, 4.69) is 16.7 Å². The molecule has 1 saturated heterocycles. The van der Waals surface area contributed by atoms with E-state index in [4.69, 9.17) is 15.2 Å². The summed E-state index contributed by atoms with van der Waals surface area (Å²) in [5, 5.41) is 0. The van der Waals surface area contributed by atoms with E-state index in [0.717, 1.165) is 44.8 Å². The monoisotopic (exact) mass is 354 g/mol. The molecule has 0 saturated carbocycles. The third-order valence-corrected chi connectivity index (χ3v) is 4.18. The highest BCUT2D eigenvalue weighted by Crippen LogP contribution is 2.16. The lowest BCUT2D eigenvalue weighted by atomic mass is 10.1. The summed E-state index contributed by atoms with van der Waals surface area (Å²) in [7, 11) is 0. The smallest absolute Gasteiger partial charge is 0.142 e. The fourth-order valence-electron chi connectivity index (χ4n) is 2.70. The van der Waals surface area contributed by atoms with Crippen LogP contribution in [0.3, 0.4) is 0 Å². The third kappa shape index (κ3) is 5.48. The van der Waals surface area contributed by atoms with Crippen LogP contribution in [0.5, 0.6) is 5.75 Å². The maximum Gasteiger partial charge on any atom is 0.142 e. The number of morpholine rings is 1. The van der Waals surface area contributed by atoms with E-state index in [9.17, 15) is 4.39 Å². The van der Waals surface area contributed by atoms with Crippen LogP contribution in [0.4, 0.5) is 10.1 Å². The number of ether oxygens (including phenoxy) is 2. The van der Waals surface area contributed by atoms with Crippen molar-refractivity contribution >= 4 is 5.69 Å². The maximum atomic E-state index is 14.2. The lowest BCUT2D eigenvalue weighted by Gasteiger charge is -2.26. The van der Waals surface area contributed by atoms with Gasteiger partial charge in [-0.15, -0.1) is 0 Å². The quantitative estimate of drug-likeness (QED) is 0.510. The summed E-state index contributed by atoms with van der Waals surface area (Å²) in [6, 6.07) is 12.0. The Hall–Kier alpha value is -2.55. The molecule has 3 rings (SSSR count). The minimum atomic E-state index is -0.376. The van der Waals surface area contributed by atoms with E-state index < -0.39 is 0 Å². The second kappa shape index (κ2) is 9.23. The van der Waals surface area contributed by atoms with Crippen molar-refractivity contribution in [1.82, 2.24) is 4.90 Å². The first-order valence-electron chi connectivity index (χ1n) is 8.81. The van der Waals surface area contributed by atoms with Crippen LogP contribution in [0.15, 0.2) is 42.5 Å². The van der Waals surface area contributed by atoms with Gasteiger partial charge in [0.2, 0.25) is 0 Å². The van der Waals surface area contributed by atoms with Gasteiger partial charge in [0.15, 0.2) is 0 Å². The second-order valence-electron chi connectivity index (χ2n) is 6.17. The van der Waals surface area contributed by atoms with Crippen LogP contribution in [0.25, 0.3) is 0 Å². The Morgan fingerprint density at radius 3 is 2.58 bits per heavy atom. The van der Waals surface area contributed by atoms with E-state index in [1.54, 1.807) is 24.3 Å². The molecule has 1 heterocycles. The van der Waals surface area contributed by atoms with Crippen LogP contribution in [-0.4, -0.2) is 44.4 Å². The molecule has 2 aromatic carbocycles. The molecule has 1 aliphatic heterocycles. The highest BCUT2D eigenvalue weighted by Gasteiger charge is 2.09. The summed E-state index contributed by atoms with van der Waals surface area (Å²) in [6.07, 6.45) is 0.903. The average Bonchev–Trinajstić information content (AvgIpc) is 2.67. The summed E-state index contributed by atoms with van der Waals surface area (Å²) < 4.78 is 25.2. The van der Waals surface area contributed by atoms with Gasteiger partial charge < -0.3 is 15.2 Å². The van der Waals surface area contributed by atoms with Crippen LogP contribution in [0, 0.1) is 17.7 Å². The number of halogens is 1. The molecule has 0 aromatic heterocycles. The fraction of sp³-hybridized carbons (Fsp3) is 0.333. The molecule has 0 radical (unpaired) electrons. The van der Waals surface area contributed by atoms with Gasteiger partial charge >= 0.3 is 0 Å². The van der Waals surface area contributed by atoms with Gasteiger partial charge in [-0.05, 0) is 42.8 Å². The Morgan fingerprint density at radius 2 is 1.85 bits per heavy atom. The first-order chi connectivity index (χ1) is 12.7. The van der Waals surface area contributed by atoms with Gasteiger partial charge in [-0.2, -0.15) is 0 Å². The number of hydrogen-bond donors (Lipinski definition) is 1. The molecule has 0 spiro atoms. The normalized spacial score (nSPS) is 14.5. The van der Waals surface area contributed by atoms with E-state index in [1.165, 1.54) is 6.07 Å². The Morgan fingerprint density at radius 1 is 1.08 bits per heavy atom. The molecule has 0 aliphatic carbocycles. The highest BCUT2D eigenvalue weighted by atomic mass is 19.1. The van der Waals surface area contributed by atoms with Crippen molar-refractivity contribution < 1.29 is 13.9 Å². The number of hydrogen-bond acceptors (Lipinski definition) is 4. The average molecular weight is 354 g/mol. The Balaban J connectivity index is 1.50. The number of nitrogen functional groups attached to an aromatic ring is 1. The zero-order chi connectivity index (χ0) is 18.2. The summed E-state index contributed by atoms with van der Waals surface area (Å²) in [4.78, 5) is 2.35. The fourth-order valence-corrected chi connectivity index (χ4v) is 2.70. The molecule has 4 nitrogen and oxygen atoms in total. The van der Waals surface area contributed by atoms with Crippen molar-refractivity contribution in [3.05, 3.63) is 59.4 Å². The molecular formula is C21H23FN2O2. The molecule has 26 heavy (non-hydrogen) atoms. The zero-order valence-corrected chi connectivity index (χ0v) is 14.7. The standard InChI is InChI=1S/C21H23FN2O2/c22-21-16-20(26-13-1-10-24-11-14-25-15-12-24)9-6-18(21)5-2-17-3-7-19(23)8-4-17/h3-4,6-9,16H,1,10-15,23H2. The van der Waals surface area contributed by atoms with Gasteiger partial charge in [-0.1, -0.05) is 11.8 Å². The van der Waals surface area contributed by atoms with Crippen molar-refractivity contribution in [3.8, 4) is 17.6 Å². The Labute approximate surface area is 153 Å². The van der Waals surface area contributed by atoms with E-state index in [0.29, 0.717) is 23.6 Å². The van der Waals surface area contributed by atoms with Gasteiger partial charge in [-0.3, -0.25) is 4.90 Å². The topological polar surface area (TPSA) is 47.7 Å². The Bertz CT molecular complexity index is 775. The molecule has 0 atom stereocenters. The first kappa shape index (κ1) is 18.2. The van der Waals surface area contributed by atoms with E-state index in [1.807, 2.05) is 12.1 Å². The van der Waals surface area contributed by atoms with Crippen LogP contribution in [-0.2, 0) is 4.74 Å². The number of nitrogens with zero attached hydrogens (tertiary/aromatic N) is 1. The SMILES string of the molecule is Nc1ccc(C#Cc2ccc(OCCCN3CCOCC3)cc2F)cc1. The van der Waals surface area contributed by atoms with Crippen molar-refractivity contribution in [1.29, 1.82) is 0 Å². The minimum absolute atomic E-state index is 0.350. The molecular weight excluding hydrogens is 331 g/mol. The van der Waals surface area contributed by atoms with Gasteiger partial charge in [0.05, 0.1) is 25.4 Å². The molecule has 5 heteroatoms. The molecule has 2 aromatic rings. The predicted molar refractivity (Wildman–Crippen MR) is 101 cm³/mol.